The molecule has 33 heavy (non-hydrogen) atoms. The molecule has 0 aliphatic carbocycles. The zero-order chi connectivity index (χ0) is 23.0. The maximum atomic E-state index is 12.2. The SMILES string of the molecule is CC[C@@H](C)c1ccccc1OCCOc1ccc(/C=C2\N=C(c3ccccc3)OC2=O)cc1. The van der Waals surface area contributed by atoms with E-state index in [1.807, 2.05) is 72.8 Å². The van der Waals surface area contributed by atoms with E-state index in [1.54, 1.807) is 6.08 Å². The normalized spacial score (nSPS) is 15.2. The number of carbonyl (C=O) groups is 1. The Morgan fingerprint density at radius 1 is 0.909 bits per heavy atom. The molecule has 168 valence electrons. The quantitative estimate of drug-likeness (QED) is 0.232. The zero-order valence-electron chi connectivity index (χ0n) is 18.9. The van der Waals surface area contributed by atoms with Crippen LogP contribution in [-0.2, 0) is 9.53 Å². The minimum absolute atomic E-state index is 0.274. The molecule has 1 aliphatic heterocycles. The number of rotatable bonds is 9. The van der Waals surface area contributed by atoms with E-state index < -0.39 is 5.97 Å². The fourth-order valence-corrected chi connectivity index (χ4v) is 3.48. The van der Waals surface area contributed by atoms with E-state index in [1.165, 1.54) is 5.56 Å². The highest BCUT2D eigenvalue weighted by Crippen LogP contribution is 2.28. The van der Waals surface area contributed by atoms with Crippen LogP contribution >= 0.6 is 0 Å². The zero-order valence-corrected chi connectivity index (χ0v) is 18.9. The monoisotopic (exact) mass is 441 g/mol. The van der Waals surface area contributed by atoms with Crippen molar-refractivity contribution in [2.24, 2.45) is 4.99 Å². The van der Waals surface area contributed by atoms with Gasteiger partial charge in [0.15, 0.2) is 5.70 Å². The van der Waals surface area contributed by atoms with E-state index in [2.05, 4.69) is 24.9 Å². The molecule has 1 aliphatic rings. The van der Waals surface area contributed by atoms with Gasteiger partial charge in [-0.25, -0.2) is 9.79 Å². The summed E-state index contributed by atoms with van der Waals surface area (Å²) in [6.45, 7) is 5.28. The van der Waals surface area contributed by atoms with E-state index in [4.69, 9.17) is 14.2 Å². The molecule has 3 aromatic carbocycles. The Labute approximate surface area is 194 Å². The van der Waals surface area contributed by atoms with Crippen LogP contribution in [0.15, 0.2) is 89.6 Å². The molecule has 0 amide bonds. The molecule has 0 spiro atoms. The summed E-state index contributed by atoms with van der Waals surface area (Å²) < 4.78 is 17.1. The summed E-state index contributed by atoms with van der Waals surface area (Å²) in [6.07, 6.45) is 2.77. The topological polar surface area (TPSA) is 57.1 Å². The number of esters is 1. The molecule has 0 fully saturated rings. The first kappa shape index (κ1) is 22.3. The smallest absolute Gasteiger partial charge is 0.363 e. The number of ether oxygens (including phenoxy) is 3. The number of nitrogens with zero attached hydrogens (tertiary/aromatic N) is 1. The van der Waals surface area contributed by atoms with Crippen LogP contribution in [-0.4, -0.2) is 25.1 Å². The van der Waals surface area contributed by atoms with E-state index >= 15 is 0 Å². The third kappa shape index (κ3) is 5.69. The van der Waals surface area contributed by atoms with Gasteiger partial charge in [0.2, 0.25) is 5.90 Å². The third-order valence-corrected chi connectivity index (χ3v) is 5.50. The van der Waals surface area contributed by atoms with Gasteiger partial charge in [0.25, 0.3) is 0 Å². The molecule has 0 radical (unpaired) electrons. The minimum atomic E-state index is -0.455. The average molecular weight is 442 g/mol. The largest absolute Gasteiger partial charge is 0.490 e. The van der Waals surface area contributed by atoms with Gasteiger partial charge in [-0.1, -0.05) is 62.4 Å². The maximum absolute atomic E-state index is 12.2. The van der Waals surface area contributed by atoms with Gasteiger partial charge in [0.1, 0.15) is 24.7 Å². The van der Waals surface area contributed by atoms with Crippen LogP contribution in [0.1, 0.15) is 42.9 Å². The number of benzene rings is 3. The van der Waals surface area contributed by atoms with Crippen molar-refractivity contribution in [3.63, 3.8) is 0 Å². The van der Waals surface area contributed by atoms with Crippen LogP contribution in [0.25, 0.3) is 6.08 Å². The first-order valence-electron chi connectivity index (χ1n) is 11.2. The van der Waals surface area contributed by atoms with Crippen molar-refractivity contribution in [3.05, 3.63) is 101 Å². The molecular formula is C28H27NO4. The summed E-state index contributed by atoms with van der Waals surface area (Å²) >= 11 is 0. The highest BCUT2D eigenvalue weighted by molar-refractivity contribution is 6.12. The molecule has 0 unspecified atom stereocenters. The molecule has 0 saturated carbocycles. The van der Waals surface area contributed by atoms with Gasteiger partial charge in [-0.15, -0.1) is 0 Å². The molecule has 0 N–H and O–H groups in total. The predicted molar refractivity (Wildman–Crippen MR) is 130 cm³/mol. The summed E-state index contributed by atoms with van der Waals surface area (Å²) in [5.74, 6) is 1.97. The van der Waals surface area contributed by atoms with Crippen molar-refractivity contribution < 1.29 is 19.0 Å². The van der Waals surface area contributed by atoms with Crippen molar-refractivity contribution in [3.8, 4) is 11.5 Å². The van der Waals surface area contributed by atoms with Crippen LogP contribution in [0, 0.1) is 0 Å². The molecule has 4 rings (SSSR count). The van der Waals surface area contributed by atoms with Gasteiger partial charge in [-0.05, 0) is 59.9 Å². The summed E-state index contributed by atoms with van der Waals surface area (Å²) in [5, 5.41) is 0. The van der Waals surface area contributed by atoms with Crippen LogP contribution in [0.5, 0.6) is 11.5 Å². The Morgan fingerprint density at radius 3 is 2.36 bits per heavy atom. The van der Waals surface area contributed by atoms with Crippen LogP contribution < -0.4 is 9.47 Å². The fraction of sp³-hybridized carbons (Fsp3) is 0.214. The van der Waals surface area contributed by atoms with Gasteiger partial charge >= 0.3 is 5.97 Å². The summed E-state index contributed by atoms with van der Waals surface area (Å²) in [5.41, 5.74) is 3.11. The highest BCUT2D eigenvalue weighted by atomic mass is 16.6. The van der Waals surface area contributed by atoms with Gasteiger partial charge in [0.05, 0.1) is 0 Å². The summed E-state index contributed by atoms with van der Waals surface area (Å²) in [7, 11) is 0. The van der Waals surface area contributed by atoms with Crippen molar-refractivity contribution in [1.82, 2.24) is 0 Å². The molecule has 0 bridgehead atoms. The van der Waals surface area contributed by atoms with Crippen LogP contribution in [0.2, 0.25) is 0 Å². The molecule has 5 nitrogen and oxygen atoms in total. The van der Waals surface area contributed by atoms with Crippen molar-refractivity contribution in [2.45, 2.75) is 26.2 Å². The van der Waals surface area contributed by atoms with E-state index in [9.17, 15) is 4.79 Å². The summed E-state index contributed by atoms with van der Waals surface area (Å²) in [4.78, 5) is 16.5. The standard InChI is InChI=1S/C28H27NO4/c1-3-20(2)24-11-7-8-12-26(24)32-18-17-31-23-15-13-21(14-16-23)19-25-28(30)33-27(29-25)22-9-5-4-6-10-22/h4-16,19-20H,3,17-18H2,1-2H3/b25-19-/t20-/m1/s1. The van der Waals surface area contributed by atoms with Gasteiger partial charge in [-0.3, -0.25) is 0 Å². The number of cyclic esters (lactones) is 1. The molecule has 0 aromatic heterocycles. The molecule has 5 heteroatoms. The Morgan fingerprint density at radius 2 is 1.61 bits per heavy atom. The number of hydrogen-bond donors (Lipinski definition) is 0. The lowest BCUT2D eigenvalue weighted by molar-refractivity contribution is -0.129. The molecule has 1 atom stereocenters. The van der Waals surface area contributed by atoms with Gasteiger partial charge < -0.3 is 14.2 Å². The van der Waals surface area contributed by atoms with Gasteiger partial charge in [-0.2, -0.15) is 0 Å². The lowest BCUT2D eigenvalue weighted by Gasteiger charge is -2.15. The maximum Gasteiger partial charge on any atom is 0.363 e. The average Bonchev–Trinajstić information content (AvgIpc) is 3.23. The Hall–Kier alpha value is -3.86. The highest BCUT2D eigenvalue weighted by Gasteiger charge is 2.23. The Bertz CT molecular complexity index is 1150. The first-order valence-corrected chi connectivity index (χ1v) is 11.2. The second-order valence-corrected chi connectivity index (χ2v) is 7.82. The number of carbonyl (C=O) groups excluding carboxylic acids is 1. The van der Waals surface area contributed by atoms with E-state index in [-0.39, 0.29) is 5.70 Å². The first-order chi connectivity index (χ1) is 16.1. The molecule has 1 heterocycles. The lowest BCUT2D eigenvalue weighted by Crippen LogP contribution is -2.10. The summed E-state index contributed by atoms with van der Waals surface area (Å²) in [6, 6.07) is 25.0. The number of para-hydroxylation sites is 1. The second kappa shape index (κ2) is 10.6. The molecule has 3 aromatic rings. The molecular weight excluding hydrogens is 414 g/mol. The lowest BCUT2D eigenvalue weighted by atomic mass is 9.98. The number of hydrogen-bond acceptors (Lipinski definition) is 5. The number of aliphatic imine (C=N–C) groups is 1. The second-order valence-electron chi connectivity index (χ2n) is 7.82. The van der Waals surface area contributed by atoms with E-state index in [0.717, 1.165) is 29.0 Å². The minimum Gasteiger partial charge on any atom is -0.490 e. The van der Waals surface area contributed by atoms with Crippen molar-refractivity contribution in [2.75, 3.05) is 13.2 Å². The van der Waals surface area contributed by atoms with Crippen molar-refractivity contribution >= 4 is 17.9 Å². The van der Waals surface area contributed by atoms with Crippen LogP contribution in [0.3, 0.4) is 0 Å². The van der Waals surface area contributed by atoms with Crippen LogP contribution in [0.4, 0.5) is 0 Å². The molecule has 0 saturated heterocycles. The van der Waals surface area contributed by atoms with Gasteiger partial charge in [0, 0.05) is 5.56 Å². The Kier molecular flexibility index (Phi) is 7.20. The fourth-order valence-electron chi connectivity index (χ4n) is 3.48. The third-order valence-electron chi connectivity index (χ3n) is 5.50. The van der Waals surface area contributed by atoms with Crippen molar-refractivity contribution in [1.29, 1.82) is 0 Å². The Balaban J connectivity index is 1.32. The van der Waals surface area contributed by atoms with E-state index in [0.29, 0.717) is 25.0 Å². The predicted octanol–water partition coefficient (Wildman–Crippen LogP) is 6.00.